The van der Waals surface area contributed by atoms with Gasteiger partial charge in [0.05, 0.1) is 28.3 Å². The van der Waals surface area contributed by atoms with Crippen LogP contribution in [0.5, 0.6) is 0 Å². The van der Waals surface area contributed by atoms with Crippen molar-refractivity contribution >= 4 is 55.9 Å². The van der Waals surface area contributed by atoms with Crippen molar-refractivity contribution in [3.8, 4) is 33.4 Å². The lowest BCUT2D eigenvalue weighted by Crippen LogP contribution is -2.18. The van der Waals surface area contributed by atoms with E-state index in [-0.39, 0.29) is 0 Å². The van der Waals surface area contributed by atoms with E-state index in [9.17, 15) is 0 Å². The Bertz CT molecular complexity index is 2910. The Labute approximate surface area is 333 Å². The van der Waals surface area contributed by atoms with Gasteiger partial charge in [-0.25, -0.2) is 0 Å². The summed E-state index contributed by atoms with van der Waals surface area (Å²) in [6.45, 7) is 0. The van der Waals surface area contributed by atoms with Crippen molar-refractivity contribution in [2.75, 3.05) is 9.80 Å². The van der Waals surface area contributed by atoms with Crippen LogP contribution in [-0.4, -0.2) is 4.98 Å². The highest BCUT2D eigenvalue weighted by Crippen LogP contribution is 2.52. The lowest BCUT2D eigenvalue weighted by Gasteiger charge is -2.35. The highest BCUT2D eigenvalue weighted by Gasteiger charge is 2.27. The average molecular weight is 730 g/mol. The molecule has 57 heavy (non-hydrogen) atoms. The number of H-pyrrole nitrogens is 1. The van der Waals surface area contributed by atoms with Gasteiger partial charge in [-0.1, -0.05) is 176 Å². The summed E-state index contributed by atoms with van der Waals surface area (Å²) in [6, 6.07) is 82.5. The van der Waals surface area contributed by atoms with Crippen LogP contribution in [0.4, 0.5) is 34.1 Å². The first-order valence-corrected chi connectivity index (χ1v) is 19.5. The fourth-order valence-electron chi connectivity index (χ4n) is 8.28. The summed E-state index contributed by atoms with van der Waals surface area (Å²) in [5.74, 6) is 0. The van der Waals surface area contributed by atoms with Gasteiger partial charge in [-0.2, -0.15) is 0 Å². The first-order valence-electron chi connectivity index (χ1n) is 19.5. The molecular formula is C54H39N3. The number of hydrogen-bond donors (Lipinski definition) is 1. The van der Waals surface area contributed by atoms with Crippen molar-refractivity contribution in [3.05, 3.63) is 231 Å². The van der Waals surface area contributed by atoms with Crippen LogP contribution >= 0.6 is 0 Å². The summed E-state index contributed by atoms with van der Waals surface area (Å²) in [5, 5.41) is 2.41. The number of fused-ring (bicyclic) bond motifs is 3. The Kier molecular flexibility index (Phi) is 8.86. The molecule has 0 unspecified atom stereocenters. The molecule has 270 valence electrons. The summed E-state index contributed by atoms with van der Waals surface area (Å²) in [6.07, 6.45) is 0. The SMILES string of the molecule is c1ccc(-c2ccccc2N(c2ccccc2-c2c(-c3ccccc3)ccc3c2[nH]c2ccccc23)c2ccccc2N(c2ccccc2)c2ccccc2)cc1. The van der Waals surface area contributed by atoms with E-state index in [1.165, 1.54) is 21.9 Å². The molecule has 0 radical (unpaired) electrons. The molecule has 3 nitrogen and oxygen atoms in total. The maximum absolute atomic E-state index is 3.88. The molecule has 0 fully saturated rings. The minimum atomic E-state index is 1.05. The Hall–Kier alpha value is -7.62. The van der Waals surface area contributed by atoms with Crippen LogP contribution in [0.15, 0.2) is 231 Å². The monoisotopic (exact) mass is 729 g/mol. The van der Waals surface area contributed by atoms with Crippen LogP contribution < -0.4 is 9.80 Å². The number of anilines is 6. The third-order valence-electron chi connectivity index (χ3n) is 10.8. The Morgan fingerprint density at radius 3 is 1.33 bits per heavy atom. The molecule has 0 saturated heterocycles. The number of nitrogens with one attached hydrogen (secondary N) is 1. The first-order chi connectivity index (χ1) is 28.3. The molecule has 1 aromatic heterocycles. The van der Waals surface area contributed by atoms with Gasteiger partial charge in [-0.3, -0.25) is 0 Å². The van der Waals surface area contributed by atoms with Crippen molar-refractivity contribution in [2.24, 2.45) is 0 Å². The molecule has 1 N–H and O–H groups in total. The second kappa shape index (κ2) is 14.9. The summed E-state index contributed by atoms with van der Waals surface area (Å²) in [7, 11) is 0. The van der Waals surface area contributed by atoms with Crippen LogP contribution in [-0.2, 0) is 0 Å². The van der Waals surface area contributed by atoms with E-state index in [2.05, 4.69) is 245 Å². The molecule has 0 atom stereocenters. The van der Waals surface area contributed by atoms with Gasteiger partial charge in [0.25, 0.3) is 0 Å². The number of benzene rings is 9. The molecule has 0 aliphatic heterocycles. The smallest absolute Gasteiger partial charge is 0.0702 e. The summed E-state index contributed by atoms with van der Waals surface area (Å²) < 4.78 is 0. The predicted molar refractivity (Wildman–Crippen MR) is 241 cm³/mol. The molecule has 10 aromatic rings. The predicted octanol–water partition coefficient (Wildman–Crippen LogP) is 15.3. The molecule has 9 aromatic carbocycles. The summed E-state index contributed by atoms with van der Waals surface area (Å²) in [4.78, 5) is 8.72. The van der Waals surface area contributed by atoms with Gasteiger partial charge < -0.3 is 14.8 Å². The van der Waals surface area contributed by atoms with Gasteiger partial charge >= 0.3 is 0 Å². The lowest BCUT2D eigenvalue weighted by atomic mass is 9.90. The van der Waals surface area contributed by atoms with Crippen LogP contribution in [0.2, 0.25) is 0 Å². The average Bonchev–Trinajstić information content (AvgIpc) is 3.67. The van der Waals surface area contributed by atoms with E-state index in [4.69, 9.17) is 0 Å². The quantitative estimate of drug-likeness (QED) is 0.160. The van der Waals surface area contributed by atoms with Crippen LogP contribution in [0.1, 0.15) is 0 Å². The topological polar surface area (TPSA) is 22.3 Å². The molecule has 0 aliphatic rings. The maximum atomic E-state index is 3.88. The second-order valence-corrected chi connectivity index (χ2v) is 14.2. The van der Waals surface area contributed by atoms with E-state index >= 15 is 0 Å². The second-order valence-electron chi connectivity index (χ2n) is 14.2. The third-order valence-corrected chi connectivity index (χ3v) is 10.8. The van der Waals surface area contributed by atoms with Gasteiger partial charge in [0.15, 0.2) is 0 Å². The van der Waals surface area contributed by atoms with E-state index in [1.54, 1.807) is 0 Å². The minimum absolute atomic E-state index is 1.05. The molecule has 0 aliphatic carbocycles. The fourth-order valence-corrected chi connectivity index (χ4v) is 8.28. The number of para-hydroxylation sites is 7. The maximum Gasteiger partial charge on any atom is 0.0702 e. The van der Waals surface area contributed by atoms with E-state index < -0.39 is 0 Å². The first kappa shape index (κ1) is 33.9. The van der Waals surface area contributed by atoms with E-state index in [0.717, 1.165) is 67.4 Å². The number of rotatable bonds is 9. The zero-order chi connectivity index (χ0) is 38.0. The molecule has 10 rings (SSSR count). The van der Waals surface area contributed by atoms with Gasteiger partial charge in [0.2, 0.25) is 0 Å². The number of nitrogens with zero attached hydrogens (tertiary/aromatic N) is 2. The number of hydrogen-bond acceptors (Lipinski definition) is 2. The van der Waals surface area contributed by atoms with Crippen molar-refractivity contribution in [3.63, 3.8) is 0 Å². The van der Waals surface area contributed by atoms with Crippen molar-refractivity contribution < 1.29 is 0 Å². The molecule has 0 spiro atoms. The van der Waals surface area contributed by atoms with Crippen LogP contribution in [0.25, 0.3) is 55.2 Å². The lowest BCUT2D eigenvalue weighted by molar-refractivity contribution is 1.23. The molecule has 0 saturated carbocycles. The summed E-state index contributed by atoms with van der Waals surface area (Å²) in [5.41, 5.74) is 15.5. The van der Waals surface area contributed by atoms with Crippen molar-refractivity contribution in [2.45, 2.75) is 0 Å². The fraction of sp³-hybridized carbons (Fsp3) is 0. The highest BCUT2D eigenvalue weighted by molar-refractivity contribution is 6.16. The Morgan fingerprint density at radius 2 is 0.719 bits per heavy atom. The van der Waals surface area contributed by atoms with Crippen molar-refractivity contribution in [1.29, 1.82) is 0 Å². The van der Waals surface area contributed by atoms with Gasteiger partial charge in [-0.05, 0) is 71.3 Å². The normalized spacial score (nSPS) is 11.2. The van der Waals surface area contributed by atoms with E-state index in [1.807, 2.05) is 0 Å². The molecule has 0 bridgehead atoms. The minimum Gasteiger partial charge on any atom is -0.354 e. The largest absolute Gasteiger partial charge is 0.354 e. The van der Waals surface area contributed by atoms with Crippen LogP contribution in [0, 0.1) is 0 Å². The number of aromatic amines is 1. The molecule has 1 heterocycles. The Morgan fingerprint density at radius 1 is 0.281 bits per heavy atom. The highest BCUT2D eigenvalue weighted by atomic mass is 15.2. The van der Waals surface area contributed by atoms with E-state index in [0.29, 0.717) is 0 Å². The van der Waals surface area contributed by atoms with Gasteiger partial charge in [0, 0.05) is 44.4 Å². The zero-order valence-corrected chi connectivity index (χ0v) is 31.3. The molecular weight excluding hydrogens is 691 g/mol. The standard InChI is InChI=1S/C54H39N3/c1-5-21-39(22-6-1)43-29-14-17-33-49(43)57(52-36-20-19-35-51(52)56(41-25-9-3-10-26-41)42-27-11-4-12-28-42)50-34-18-15-31-47(50)53-44(40-23-7-2-8-24-40)37-38-46-45-30-13-16-32-48(45)55-54(46)53/h1-38,55H. The Balaban J connectivity index is 1.31. The number of aromatic nitrogens is 1. The molecule has 3 heteroatoms. The zero-order valence-electron chi connectivity index (χ0n) is 31.3. The molecule has 0 amide bonds. The summed E-state index contributed by atoms with van der Waals surface area (Å²) >= 11 is 0. The van der Waals surface area contributed by atoms with Crippen molar-refractivity contribution in [1.82, 2.24) is 4.98 Å². The van der Waals surface area contributed by atoms with Crippen LogP contribution in [0.3, 0.4) is 0 Å². The van der Waals surface area contributed by atoms with Gasteiger partial charge in [0.1, 0.15) is 0 Å². The van der Waals surface area contributed by atoms with Gasteiger partial charge in [-0.15, -0.1) is 0 Å². The third kappa shape index (κ3) is 6.22.